The van der Waals surface area contributed by atoms with Crippen molar-refractivity contribution in [2.75, 3.05) is 0 Å². The molecule has 0 spiro atoms. The summed E-state index contributed by atoms with van der Waals surface area (Å²) in [5.74, 6) is 1.73. The number of rotatable bonds is 25. The van der Waals surface area contributed by atoms with E-state index in [0.717, 1.165) is 90.6 Å². The third kappa shape index (κ3) is 24.4. The van der Waals surface area contributed by atoms with Crippen LogP contribution in [0.25, 0.3) is 66.8 Å². The Morgan fingerprint density at radius 3 is 0.798 bits per heavy atom. The van der Waals surface area contributed by atoms with E-state index < -0.39 is 0 Å². The van der Waals surface area contributed by atoms with Crippen LogP contribution in [-0.4, -0.2) is 48.8 Å². The molecule has 7 heteroatoms. The van der Waals surface area contributed by atoms with Crippen molar-refractivity contribution in [3.05, 3.63) is 390 Å². The van der Waals surface area contributed by atoms with Gasteiger partial charge in [0.05, 0.1) is 88.5 Å². The molecule has 670 valence electrons. The van der Waals surface area contributed by atoms with Crippen molar-refractivity contribution in [3.8, 4) is 66.8 Å². The summed E-state index contributed by atoms with van der Waals surface area (Å²) in [6.07, 6.45) is 13.2. The number of fused-ring (bicyclic) bond motifs is 19. The van der Waals surface area contributed by atoms with Crippen LogP contribution >= 0.6 is 0 Å². The van der Waals surface area contributed by atoms with Crippen LogP contribution in [0, 0.1) is 17.8 Å². The highest BCUT2D eigenvalue weighted by Crippen LogP contribution is 2.44. The van der Waals surface area contributed by atoms with E-state index in [9.17, 15) is 0 Å². The topological polar surface area (TPSA) is 64.6 Å². The predicted octanol–water partition coefficient (Wildman–Crippen LogP) is 30.4. The smallest absolute Gasteiger partial charge is 0.0723 e. The Bertz CT molecular complexity index is 5830. The lowest BCUT2D eigenvalue weighted by molar-refractivity contribution is -0.0194. The summed E-state index contributed by atoms with van der Waals surface area (Å²) >= 11 is 0. The summed E-state index contributed by atoms with van der Waals surface area (Å²) in [5.41, 5.74) is 44.8. The molecule has 0 radical (unpaired) electrons. The minimum absolute atomic E-state index is 0.282. The van der Waals surface area contributed by atoms with Gasteiger partial charge >= 0.3 is 0 Å². The molecule has 7 aliphatic carbocycles. The molecule has 0 amide bonds. The van der Waals surface area contributed by atoms with Crippen molar-refractivity contribution in [1.82, 2.24) is 0 Å². The second-order valence-corrected chi connectivity index (χ2v) is 38.0. The first kappa shape index (κ1) is 94.7. The summed E-state index contributed by atoms with van der Waals surface area (Å²) in [5, 5.41) is 0. The predicted molar refractivity (Wildman–Crippen MR) is 538 cm³/mol. The van der Waals surface area contributed by atoms with Gasteiger partial charge in [-0.1, -0.05) is 334 Å². The molecule has 7 nitrogen and oxygen atoms in total. The van der Waals surface area contributed by atoms with Crippen molar-refractivity contribution in [2.45, 2.75) is 270 Å². The Hall–Kier alpha value is -10.4. The minimum atomic E-state index is 0.282. The molecular formula is C122H140O7. The van der Waals surface area contributed by atoms with E-state index in [2.05, 4.69) is 397 Å². The highest BCUT2D eigenvalue weighted by atomic mass is 16.5. The molecule has 13 aromatic carbocycles. The van der Waals surface area contributed by atoms with E-state index in [1.165, 1.54) is 178 Å². The van der Waals surface area contributed by atoms with Gasteiger partial charge in [0.1, 0.15) is 0 Å². The Morgan fingerprint density at radius 2 is 0.473 bits per heavy atom. The summed E-state index contributed by atoms with van der Waals surface area (Å²) in [7, 11) is 0. The summed E-state index contributed by atoms with van der Waals surface area (Å²) < 4.78 is 41.1. The zero-order valence-corrected chi connectivity index (χ0v) is 80.1. The van der Waals surface area contributed by atoms with Crippen LogP contribution in [0.4, 0.5) is 0 Å². The molecule has 7 aliphatic rings. The lowest BCUT2D eigenvalue weighted by Gasteiger charge is -2.21. The molecule has 0 aromatic heterocycles. The van der Waals surface area contributed by atoms with E-state index in [-0.39, 0.29) is 12.2 Å². The average molecular weight is 1720 g/mol. The first-order valence-electron chi connectivity index (χ1n) is 48.1. The monoisotopic (exact) mass is 1720 g/mol. The second kappa shape index (κ2) is 45.4. The molecule has 0 bridgehead atoms. The maximum atomic E-state index is 6.06. The van der Waals surface area contributed by atoms with Crippen LogP contribution in [-0.2, 0) is 124 Å². The van der Waals surface area contributed by atoms with Crippen LogP contribution in [0.3, 0.4) is 0 Å². The zero-order valence-electron chi connectivity index (χ0n) is 80.1. The fourth-order valence-corrected chi connectivity index (χ4v) is 18.1. The standard InChI is InChI=1S/2C19H22O.2C18H20O.2C17H18O.C14H20O/c1-13(2)14(3)20-12-16-8-6-10-18-17-9-5-4-7-15(17)11-19(16)18;1-13(2)14(3)20-12-15-8-9-19-17(10-15)11-16-6-4-5-7-18(16)19;1-3-13(2)19-12-15-8-6-10-17-16-9-5-4-7-14(16)11-18(15)17;1-3-13(2)19-12-14-8-9-18-16(10-14)11-15-6-4-5-7-17(15)18;1-12(2)18-11-14-7-5-9-16-15-8-4-3-6-13(15)10-17(14)16;1-12(2)18-11-13-7-8-17-15(9-13)10-14-5-3-4-6-16(14)17;1-10(2)11(3)15-14-8-12-6-4-5-7-13(12)9-14/h2*4-10,13-14H,11-12H2,1-3H3;2*4-10,13H,3,11-12H2,1-2H3;2*3-9,12H,10-11H2,1-2H3;4-7,10-11,14H,8-9H2,1-3H3. The molecular weight excluding hydrogens is 1580 g/mol. The fourth-order valence-electron chi connectivity index (χ4n) is 18.1. The molecule has 5 unspecified atom stereocenters. The van der Waals surface area contributed by atoms with Crippen molar-refractivity contribution in [3.63, 3.8) is 0 Å². The van der Waals surface area contributed by atoms with Gasteiger partial charge in [-0.05, 0) is 322 Å². The Morgan fingerprint density at radius 1 is 0.225 bits per heavy atom. The van der Waals surface area contributed by atoms with Crippen LogP contribution in [0.1, 0.15) is 242 Å². The maximum absolute atomic E-state index is 6.06. The molecule has 0 aliphatic heterocycles. The van der Waals surface area contributed by atoms with Gasteiger partial charge in [-0.3, -0.25) is 0 Å². The van der Waals surface area contributed by atoms with E-state index in [0.29, 0.717) is 67.6 Å². The van der Waals surface area contributed by atoms with Crippen molar-refractivity contribution >= 4 is 0 Å². The van der Waals surface area contributed by atoms with Crippen molar-refractivity contribution < 1.29 is 33.2 Å². The molecule has 0 fully saturated rings. The van der Waals surface area contributed by atoms with E-state index in [1.54, 1.807) is 0 Å². The summed E-state index contributed by atoms with van der Waals surface area (Å²) in [6.45, 7) is 40.9. The Balaban J connectivity index is 0.000000122. The van der Waals surface area contributed by atoms with E-state index in [4.69, 9.17) is 33.2 Å². The molecule has 0 saturated carbocycles. The lowest BCUT2D eigenvalue weighted by Crippen LogP contribution is -2.24. The first-order chi connectivity index (χ1) is 62.5. The van der Waals surface area contributed by atoms with E-state index >= 15 is 0 Å². The molecule has 20 rings (SSSR count). The van der Waals surface area contributed by atoms with Crippen molar-refractivity contribution in [1.29, 1.82) is 0 Å². The van der Waals surface area contributed by atoms with Gasteiger partial charge in [0, 0.05) is 0 Å². The minimum Gasteiger partial charge on any atom is -0.374 e. The summed E-state index contributed by atoms with van der Waals surface area (Å²) in [4.78, 5) is 0. The van der Waals surface area contributed by atoms with Crippen LogP contribution in [0.15, 0.2) is 279 Å². The zero-order chi connectivity index (χ0) is 90.6. The highest BCUT2D eigenvalue weighted by molar-refractivity contribution is 5.82. The molecule has 0 heterocycles. The third-order valence-electron chi connectivity index (χ3n) is 27.0. The van der Waals surface area contributed by atoms with Gasteiger partial charge in [-0.25, -0.2) is 0 Å². The number of hydrogen-bond acceptors (Lipinski definition) is 7. The first-order valence-corrected chi connectivity index (χ1v) is 48.1. The lowest BCUT2D eigenvalue weighted by atomic mass is 10.0. The molecule has 0 saturated heterocycles. The number of benzene rings is 13. The Labute approximate surface area is 773 Å². The summed E-state index contributed by atoms with van der Waals surface area (Å²) in [6, 6.07) is 101. The van der Waals surface area contributed by atoms with Gasteiger partial charge in [-0.15, -0.1) is 0 Å². The Kier molecular flexibility index (Phi) is 33.3. The van der Waals surface area contributed by atoms with Gasteiger partial charge in [0.15, 0.2) is 0 Å². The maximum Gasteiger partial charge on any atom is 0.0723 e. The van der Waals surface area contributed by atoms with Crippen LogP contribution < -0.4 is 0 Å². The number of ether oxygens (including phenoxy) is 7. The largest absolute Gasteiger partial charge is 0.374 e. The quantitative estimate of drug-likeness (QED) is 0.0565. The van der Waals surface area contributed by atoms with Gasteiger partial charge in [0.25, 0.3) is 0 Å². The fraction of sp³-hybridized carbons (Fsp3) is 0.361. The third-order valence-corrected chi connectivity index (χ3v) is 27.0. The van der Waals surface area contributed by atoms with Gasteiger partial charge in [-0.2, -0.15) is 0 Å². The SMILES string of the molecule is CC(C)C(C)OC1Cc2ccccc2C1.CC(C)C(C)OCc1ccc2c(c1)Cc1ccccc1-2.CC(C)C(C)OCc1cccc2c1Cc1ccccc1-2.CC(C)OCc1ccc2c(c1)Cc1ccccc1-2.CC(C)OCc1cccc2c1Cc1ccccc1-2.CCC(C)OCc1ccc2c(c1)Cc1ccccc1-2.CCC(C)OCc1cccc2c1Cc1ccccc1-2. The molecule has 0 N–H and O–H groups in total. The second-order valence-electron chi connectivity index (χ2n) is 38.0. The van der Waals surface area contributed by atoms with Crippen LogP contribution in [0.2, 0.25) is 0 Å². The molecule has 13 aromatic rings. The normalized spacial score (nSPS) is 14.2. The number of hydrogen-bond donors (Lipinski definition) is 0. The molecule has 129 heavy (non-hydrogen) atoms. The highest BCUT2D eigenvalue weighted by Gasteiger charge is 2.28. The van der Waals surface area contributed by atoms with Gasteiger partial charge < -0.3 is 33.2 Å². The van der Waals surface area contributed by atoms with E-state index in [1.807, 2.05) is 0 Å². The van der Waals surface area contributed by atoms with Gasteiger partial charge in [0.2, 0.25) is 0 Å². The van der Waals surface area contributed by atoms with Crippen LogP contribution in [0.5, 0.6) is 0 Å². The van der Waals surface area contributed by atoms with Crippen molar-refractivity contribution in [2.24, 2.45) is 17.8 Å². The molecule has 5 atom stereocenters. The average Bonchev–Trinajstić information content (AvgIpc) is 1.67.